The summed E-state index contributed by atoms with van der Waals surface area (Å²) in [5.74, 6) is -0.598. The molecule has 0 fully saturated rings. The van der Waals surface area contributed by atoms with Gasteiger partial charge in [0.2, 0.25) is 5.91 Å². The van der Waals surface area contributed by atoms with Gasteiger partial charge in [0, 0.05) is 18.7 Å². The molecule has 6 nitrogen and oxygen atoms in total. The molecule has 0 unspecified atom stereocenters. The van der Waals surface area contributed by atoms with Gasteiger partial charge in [0.1, 0.15) is 12.3 Å². The Morgan fingerprint density at radius 2 is 1.86 bits per heavy atom. The maximum absolute atomic E-state index is 12.3. The lowest BCUT2D eigenvalue weighted by Gasteiger charge is -2.23. The number of rotatable bonds is 8. The number of ether oxygens (including phenoxy) is 1. The van der Waals surface area contributed by atoms with Crippen molar-refractivity contribution in [1.82, 2.24) is 9.80 Å². The summed E-state index contributed by atoms with van der Waals surface area (Å²) in [5, 5.41) is 8.93. The highest BCUT2D eigenvalue weighted by Gasteiger charge is 2.18. The molecular formula is C15H22N2O4. The number of carboxylic acid groups (broad SMARTS) is 1. The van der Waals surface area contributed by atoms with Crippen molar-refractivity contribution in [2.45, 2.75) is 6.42 Å². The first-order valence-electron chi connectivity index (χ1n) is 6.70. The summed E-state index contributed by atoms with van der Waals surface area (Å²) in [6.45, 7) is 0.708. The Balaban J connectivity index is 2.77. The number of methoxy groups -OCH3 is 1. The fourth-order valence-corrected chi connectivity index (χ4v) is 1.90. The highest BCUT2D eigenvalue weighted by molar-refractivity contribution is 5.83. The van der Waals surface area contributed by atoms with Crippen LogP contribution < -0.4 is 4.74 Å². The summed E-state index contributed by atoms with van der Waals surface area (Å²) < 4.78 is 5.21. The molecule has 0 atom stereocenters. The highest BCUT2D eigenvalue weighted by Crippen LogP contribution is 2.18. The van der Waals surface area contributed by atoms with E-state index in [1.807, 2.05) is 37.2 Å². The third-order valence-corrected chi connectivity index (χ3v) is 3.03. The first-order chi connectivity index (χ1) is 9.93. The van der Waals surface area contributed by atoms with Crippen LogP contribution in [0.15, 0.2) is 24.3 Å². The molecule has 6 heteroatoms. The van der Waals surface area contributed by atoms with Crippen LogP contribution in [0, 0.1) is 0 Å². The zero-order valence-electron chi connectivity index (χ0n) is 12.7. The van der Waals surface area contributed by atoms with Crippen molar-refractivity contribution < 1.29 is 19.4 Å². The van der Waals surface area contributed by atoms with Crippen molar-refractivity contribution in [2.24, 2.45) is 0 Å². The minimum absolute atomic E-state index is 0.130. The van der Waals surface area contributed by atoms with Gasteiger partial charge in [-0.05, 0) is 20.2 Å². The Morgan fingerprint density at radius 3 is 2.43 bits per heavy atom. The smallest absolute Gasteiger partial charge is 0.323 e. The quantitative estimate of drug-likeness (QED) is 0.765. The molecule has 1 rings (SSSR count). The Hall–Kier alpha value is -2.08. The summed E-state index contributed by atoms with van der Waals surface area (Å²) >= 11 is 0. The average Bonchev–Trinajstić information content (AvgIpc) is 2.43. The number of para-hydroxylation sites is 1. The zero-order chi connectivity index (χ0) is 15.8. The molecule has 0 heterocycles. The standard InChI is InChI=1S/C15H22N2O4/c1-16(2)8-9-17(11-15(19)20)14(18)10-12-6-4-5-7-13(12)21-3/h4-7H,8-11H2,1-3H3,(H,19,20). The molecule has 0 spiro atoms. The van der Waals surface area contributed by atoms with Crippen LogP contribution in [0.2, 0.25) is 0 Å². The Morgan fingerprint density at radius 1 is 1.19 bits per heavy atom. The summed E-state index contributed by atoms with van der Waals surface area (Å²) in [6.07, 6.45) is 0.130. The molecule has 0 saturated carbocycles. The number of amides is 1. The van der Waals surface area contributed by atoms with Crippen molar-refractivity contribution in [3.05, 3.63) is 29.8 Å². The summed E-state index contributed by atoms with van der Waals surface area (Å²) in [5.41, 5.74) is 0.755. The van der Waals surface area contributed by atoms with Crippen LogP contribution in [0.1, 0.15) is 5.56 Å². The topological polar surface area (TPSA) is 70.1 Å². The molecular weight excluding hydrogens is 272 g/mol. The number of benzene rings is 1. The van der Waals surface area contributed by atoms with Crippen LogP contribution in [-0.4, -0.2) is 67.6 Å². The number of hydrogen-bond acceptors (Lipinski definition) is 4. The van der Waals surface area contributed by atoms with E-state index in [9.17, 15) is 9.59 Å². The van der Waals surface area contributed by atoms with Crippen molar-refractivity contribution in [1.29, 1.82) is 0 Å². The minimum atomic E-state index is -1.01. The van der Waals surface area contributed by atoms with E-state index in [4.69, 9.17) is 9.84 Å². The van der Waals surface area contributed by atoms with Gasteiger partial charge in [0.15, 0.2) is 0 Å². The number of hydrogen-bond donors (Lipinski definition) is 1. The molecule has 1 aromatic carbocycles. The van der Waals surface area contributed by atoms with Gasteiger partial charge < -0.3 is 19.6 Å². The van der Waals surface area contributed by atoms with Crippen molar-refractivity contribution in [2.75, 3.05) is 40.8 Å². The number of nitrogens with zero attached hydrogens (tertiary/aromatic N) is 2. The lowest BCUT2D eigenvalue weighted by molar-refractivity contribution is -0.144. The molecule has 0 aromatic heterocycles. The van der Waals surface area contributed by atoms with E-state index in [-0.39, 0.29) is 18.9 Å². The van der Waals surface area contributed by atoms with Crippen molar-refractivity contribution in [3.8, 4) is 5.75 Å². The Labute approximate surface area is 124 Å². The summed E-state index contributed by atoms with van der Waals surface area (Å²) in [7, 11) is 5.30. The molecule has 21 heavy (non-hydrogen) atoms. The molecule has 1 amide bonds. The summed E-state index contributed by atoms with van der Waals surface area (Å²) in [4.78, 5) is 26.5. The zero-order valence-corrected chi connectivity index (χ0v) is 12.7. The van der Waals surface area contributed by atoms with Crippen LogP contribution in [0.25, 0.3) is 0 Å². The monoisotopic (exact) mass is 294 g/mol. The average molecular weight is 294 g/mol. The van der Waals surface area contributed by atoms with E-state index in [0.717, 1.165) is 5.56 Å². The lowest BCUT2D eigenvalue weighted by atomic mass is 10.1. The van der Waals surface area contributed by atoms with Gasteiger partial charge >= 0.3 is 5.97 Å². The van der Waals surface area contributed by atoms with Gasteiger partial charge in [0.25, 0.3) is 0 Å². The fraction of sp³-hybridized carbons (Fsp3) is 0.467. The van der Waals surface area contributed by atoms with Crippen LogP contribution in [0.5, 0.6) is 5.75 Å². The van der Waals surface area contributed by atoms with E-state index in [2.05, 4.69) is 0 Å². The second kappa shape index (κ2) is 8.26. The predicted octanol–water partition coefficient (Wildman–Crippen LogP) is 0.713. The molecule has 1 N–H and O–H groups in total. The second-order valence-corrected chi connectivity index (χ2v) is 5.00. The second-order valence-electron chi connectivity index (χ2n) is 5.00. The lowest BCUT2D eigenvalue weighted by Crippen LogP contribution is -2.40. The number of carbonyl (C=O) groups is 2. The highest BCUT2D eigenvalue weighted by atomic mass is 16.5. The first-order valence-corrected chi connectivity index (χ1v) is 6.70. The molecule has 0 radical (unpaired) electrons. The first kappa shape index (κ1) is 17.0. The fourth-order valence-electron chi connectivity index (χ4n) is 1.90. The van der Waals surface area contributed by atoms with Crippen molar-refractivity contribution in [3.63, 3.8) is 0 Å². The van der Waals surface area contributed by atoms with Gasteiger partial charge in [-0.2, -0.15) is 0 Å². The molecule has 0 aliphatic heterocycles. The third-order valence-electron chi connectivity index (χ3n) is 3.03. The van der Waals surface area contributed by atoms with Crippen LogP contribution in [-0.2, 0) is 16.0 Å². The van der Waals surface area contributed by atoms with E-state index >= 15 is 0 Å². The number of carbonyl (C=O) groups excluding carboxylic acids is 1. The van der Waals surface area contributed by atoms with Crippen molar-refractivity contribution >= 4 is 11.9 Å². The molecule has 0 aliphatic rings. The maximum atomic E-state index is 12.3. The molecule has 116 valence electrons. The third kappa shape index (κ3) is 5.83. The molecule has 1 aromatic rings. The minimum Gasteiger partial charge on any atom is -0.496 e. The predicted molar refractivity (Wildman–Crippen MR) is 79.5 cm³/mol. The number of likely N-dealkylation sites (N-methyl/N-ethyl adjacent to an activating group) is 1. The Bertz CT molecular complexity index is 488. The van der Waals surface area contributed by atoms with Crippen LogP contribution >= 0.6 is 0 Å². The molecule has 0 aliphatic carbocycles. The Kier molecular flexibility index (Phi) is 6.68. The van der Waals surface area contributed by atoms with E-state index in [1.54, 1.807) is 13.2 Å². The summed E-state index contributed by atoms with van der Waals surface area (Å²) in [6, 6.07) is 7.24. The number of carboxylic acids is 1. The molecule has 0 saturated heterocycles. The van der Waals surface area contributed by atoms with Crippen LogP contribution in [0.3, 0.4) is 0 Å². The normalized spacial score (nSPS) is 10.5. The van der Waals surface area contributed by atoms with Gasteiger partial charge in [-0.15, -0.1) is 0 Å². The van der Waals surface area contributed by atoms with Crippen LogP contribution in [0.4, 0.5) is 0 Å². The number of aliphatic carboxylic acids is 1. The maximum Gasteiger partial charge on any atom is 0.323 e. The van der Waals surface area contributed by atoms with Gasteiger partial charge in [-0.1, -0.05) is 18.2 Å². The van der Waals surface area contributed by atoms with E-state index < -0.39 is 5.97 Å². The van der Waals surface area contributed by atoms with Gasteiger partial charge in [-0.3, -0.25) is 9.59 Å². The molecule has 0 bridgehead atoms. The van der Waals surface area contributed by atoms with Gasteiger partial charge in [-0.25, -0.2) is 0 Å². The largest absolute Gasteiger partial charge is 0.496 e. The van der Waals surface area contributed by atoms with E-state index in [1.165, 1.54) is 4.90 Å². The van der Waals surface area contributed by atoms with E-state index in [0.29, 0.717) is 18.8 Å². The van der Waals surface area contributed by atoms with Gasteiger partial charge in [0.05, 0.1) is 13.5 Å². The SMILES string of the molecule is COc1ccccc1CC(=O)N(CCN(C)C)CC(=O)O.